The van der Waals surface area contributed by atoms with E-state index in [1.165, 1.54) is 0 Å². The average Bonchev–Trinajstić information content (AvgIpc) is 3.04. The van der Waals surface area contributed by atoms with Gasteiger partial charge in [0.1, 0.15) is 5.65 Å². The van der Waals surface area contributed by atoms with Crippen molar-refractivity contribution in [1.29, 1.82) is 0 Å². The number of aryl methyl sites for hydroxylation is 2. The number of aliphatic hydroxyl groups excluding tert-OH is 1. The summed E-state index contributed by atoms with van der Waals surface area (Å²) in [7, 11) is 0. The molecule has 0 bridgehead atoms. The Labute approximate surface area is 104 Å². The number of nitrogens with zero attached hydrogens (tertiary/aromatic N) is 4. The largest absolute Gasteiger partial charge is 0.392 e. The van der Waals surface area contributed by atoms with Crippen LogP contribution >= 0.6 is 0 Å². The third-order valence-corrected chi connectivity index (χ3v) is 3.04. The van der Waals surface area contributed by atoms with Crippen molar-refractivity contribution in [1.82, 2.24) is 19.1 Å². The SMILES string of the molecule is OCc1cn(CCn2ccnc2)c2ncccc12. The Morgan fingerprint density at radius 3 is 2.94 bits per heavy atom. The first-order chi connectivity index (χ1) is 8.88. The molecule has 0 saturated carbocycles. The fourth-order valence-corrected chi connectivity index (χ4v) is 2.13. The van der Waals surface area contributed by atoms with Crippen molar-refractivity contribution in [2.45, 2.75) is 19.7 Å². The predicted octanol–water partition coefficient (Wildman–Crippen LogP) is 1.43. The Bertz CT molecular complexity index is 642. The number of pyridine rings is 1. The van der Waals surface area contributed by atoms with Crippen molar-refractivity contribution in [3.8, 4) is 0 Å². The van der Waals surface area contributed by atoms with Crippen molar-refractivity contribution in [3.05, 3.63) is 48.8 Å². The molecule has 92 valence electrons. The number of imidazole rings is 1. The van der Waals surface area contributed by atoms with E-state index in [4.69, 9.17) is 0 Å². The second-order valence-corrected chi connectivity index (χ2v) is 4.18. The highest BCUT2D eigenvalue weighted by Crippen LogP contribution is 2.19. The molecule has 3 rings (SSSR count). The van der Waals surface area contributed by atoms with Crippen molar-refractivity contribution in [2.24, 2.45) is 0 Å². The van der Waals surface area contributed by atoms with Crippen LogP contribution in [0.25, 0.3) is 11.0 Å². The molecule has 0 fully saturated rings. The summed E-state index contributed by atoms with van der Waals surface area (Å²) < 4.78 is 4.09. The van der Waals surface area contributed by atoms with Gasteiger partial charge in [-0.15, -0.1) is 0 Å². The van der Waals surface area contributed by atoms with Gasteiger partial charge in [0, 0.05) is 48.8 Å². The number of fused-ring (bicyclic) bond motifs is 1. The predicted molar refractivity (Wildman–Crippen MR) is 67.9 cm³/mol. The molecule has 0 spiro atoms. The Balaban J connectivity index is 1.91. The summed E-state index contributed by atoms with van der Waals surface area (Å²) in [6.07, 6.45) is 9.25. The molecule has 0 amide bonds. The van der Waals surface area contributed by atoms with Crippen molar-refractivity contribution < 1.29 is 5.11 Å². The molecule has 0 aliphatic heterocycles. The van der Waals surface area contributed by atoms with E-state index in [2.05, 4.69) is 14.5 Å². The normalized spacial score (nSPS) is 11.2. The van der Waals surface area contributed by atoms with Crippen LogP contribution in [0.15, 0.2) is 43.2 Å². The first-order valence-electron chi connectivity index (χ1n) is 5.88. The lowest BCUT2D eigenvalue weighted by Gasteiger charge is -2.04. The first-order valence-corrected chi connectivity index (χ1v) is 5.88. The summed E-state index contributed by atoms with van der Waals surface area (Å²) in [4.78, 5) is 8.39. The van der Waals surface area contributed by atoms with Gasteiger partial charge in [0.25, 0.3) is 0 Å². The molecule has 5 heteroatoms. The fraction of sp³-hybridized carbons (Fsp3) is 0.231. The molecule has 3 heterocycles. The third-order valence-electron chi connectivity index (χ3n) is 3.04. The minimum Gasteiger partial charge on any atom is -0.392 e. The lowest BCUT2D eigenvalue weighted by molar-refractivity contribution is 0.283. The van der Waals surface area contributed by atoms with E-state index in [9.17, 15) is 5.11 Å². The quantitative estimate of drug-likeness (QED) is 0.753. The van der Waals surface area contributed by atoms with Crippen LogP contribution in [0, 0.1) is 0 Å². The van der Waals surface area contributed by atoms with Crippen LogP contribution in [-0.4, -0.2) is 24.2 Å². The van der Waals surface area contributed by atoms with Crippen LogP contribution in [0.2, 0.25) is 0 Å². The lowest BCUT2D eigenvalue weighted by Crippen LogP contribution is -2.05. The van der Waals surface area contributed by atoms with E-state index in [1.807, 2.05) is 29.1 Å². The maximum Gasteiger partial charge on any atom is 0.140 e. The van der Waals surface area contributed by atoms with E-state index in [0.717, 1.165) is 29.7 Å². The van der Waals surface area contributed by atoms with Gasteiger partial charge in [0.2, 0.25) is 0 Å². The second kappa shape index (κ2) is 4.62. The van der Waals surface area contributed by atoms with Crippen LogP contribution in [0.3, 0.4) is 0 Å². The highest BCUT2D eigenvalue weighted by atomic mass is 16.3. The number of rotatable bonds is 4. The van der Waals surface area contributed by atoms with E-state index in [1.54, 1.807) is 18.7 Å². The maximum atomic E-state index is 9.34. The van der Waals surface area contributed by atoms with Crippen LogP contribution in [0.5, 0.6) is 0 Å². The van der Waals surface area contributed by atoms with Crippen LogP contribution < -0.4 is 0 Å². The Hall–Kier alpha value is -2.14. The Morgan fingerprint density at radius 1 is 1.22 bits per heavy atom. The zero-order valence-electron chi connectivity index (χ0n) is 9.90. The summed E-state index contributed by atoms with van der Waals surface area (Å²) in [6, 6.07) is 3.88. The van der Waals surface area contributed by atoms with Gasteiger partial charge in [-0.25, -0.2) is 9.97 Å². The maximum absolute atomic E-state index is 9.34. The summed E-state index contributed by atoms with van der Waals surface area (Å²) in [5.74, 6) is 0. The molecule has 0 radical (unpaired) electrons. The van der Waals surface area contributed by atoms with E-state index >= 15 is 0 Å². The van der Waals surface area contributed by atoms with Gasteiger partial charge in [0.05, 0.1) is 12.9 Å². The molecule has 18 heavy (non-hydrogen) atoms. The highest BCUT2D eigenvalue weighted by molar-refractivity contribution is 5.80. The zero-order chi connectivity index (χ0) is 12.4. The number of aliphatic hydroxyl groups is 1. The van der Waals surface area contributed by atoms with E-state index in [-0.39, 0.29) is 6.61 Å². The first kappa shape index (κ1) is 11.0. The summed E-state index contributed by atoms with van der Waals surface area (Å²) in [5, 5.41) is 10.4. The molecule has 5 nitrogen and oxygen atoms in total. The molecule has 3 aromatic rings. The number of hydrogen-bond acceptors (Lipinski definition) is 3. The smallest absolute Gasteiger partial charge is 0.140 e. The fourth-order valence-electron chi connectivity index (χ4n) is 2.13. The van der Waals surface area contributed by atoms with Crippen molar-refractivity contribution in [3.63, 3.8) is 0 Å². The lowest BCUT2D eigenvalue weighted by atomic mass is 10.2. The topological polar surface area (TPSA) is 55.9 Å². The molecule has 0 aliphatic rings. The molecule has 3 aromatic heterocycles. The molecule has 0 saturated heterocycles. The van der Waals surface area contributed by atoms with E-state index in [0.29, 0.717) is 0 Å². The Kier molecular flexibility index (Phi) is 2.82. The molecular formula is C13H14N4O. The minimum absolute atomic E-state index is 0.0419. The molecule has 1 N–H and O–H groups in total. The van der Waals surface area contributed by atoms with Gasteiger partial charge in [-0.05, 0) is 12.1 Å². The van der Waals surface area contributed by atoms with Crippen molar-refractivity contribution in [2.75, 3.05) is 0 Å². The van der Waals surface area contributed by atoms with Gasteiger partial charge in [-0.1, -0.05) is 0 Å². The number of aromatic nitrogens is 4. The summed E-state index contributed by atoms with van der Waals surface area (Å²) >= 11 is 0. The van der Waals surface area contributed by atoms with Gasteiger partial charge < -0.3 is 14.2 Å². The standard InChI is InChI=1S/C13H14N4O/c18-9-11-8-17(7-6-16-5-4-14-10-16)13-12(11)2-1-3-15-13/h1-5,8,10,18H,6-7,9H2. The number of hydrogen-bond donors (Lipinski definition) is 1. The van der Waals surface area contributed by atoms with Crippen LogP contribution in [0.4, 0.5) is 0 Å². The van der Waals surface area contributed by atoms with Gasteiger partial charge in [-0.3, -0.25) is 0 Å². The monoisotopic (exact) mass is 242 g/mol. The molecular weight excluding hydrogens is 228 g/mol. The van der Waals surface area contributed by atoms with Gasteiger partial charge in [-0.2, -0.15) is 0 Å². The molecule has 0 unspecified atom stereocenters. The molecule has 0 atom stereocenters. The van der Waals surface area contributed by atoms with Crippen LogP contribution in [0.1, 0.15) is 5.56 Å². The van der Waals surface area contributed by atoms with Crippen molar-refractivity contribution >= 4 is 11.0 Å². The van der Waals surface area contributed by atoms with Crippen LogP contribution in [-0.2, 0) is 19.7 Å². The van der Waals surface area contributed by atoms with E-state index < -0.39 is 0 Å². The second-order valence-electron chi connectivity index (χ2n) is 4.18. The zero-order valence-corrected chi connectivity index (χ0v) is 9.90. The molecule has 0 aromatic carbocycles. The summed E-state index contributed by atoms with van der Waals surface area (Å²) in [5.41, 5.74) is 1.84. The minimum atomic E-state index is 0.0419. The highest BCUT2D eigenvalue weighted by Gasteiger charge is 2.07. The van der Waals surface area contributed by atoms with Gasteiger partial charge >= 0.3 is 0 Å². The third kappa shape index (κ3) is 1.89. The van der Waals surface area contributed by atoms with Gasteiger partial charge in [0.15, 0.2) is 0 Å². The molecule has 0 aliphatic carbocycles. The Morgan fingerprint density at radius 2 is 2.17 bits per heavy atom. The summed E-state index contributed by atoms with van der Waals surface area (Å²) in [6.45, 7) is 1.69. The average molecular weight is 242 g/mol.